The molecular weight excluding hydrogens is 168 g/mol. The Hall–Kier alpha value is -0.700. The highest BCUT2D eigenvalue weighted by Crippen LogP contribution is 2.30. The molecule has 72 valence electrons. The first kappa shape index (κ1) is 8.88. The van der Waals surface area contributed by atoms with Crippen LogP contribution in [0.1, 0.15) is 25.7 Å². The fourth-order valence-corrected chi connectivity index (χ4v) is 1.86. The van der Waals surface area contributed by atoms with Crippen LogP contribution in [0.15, 0.2) is 0 Å². The van der Waals surface area contributed by atoms with E-state index in [1.165, 1.54) is 0 Å². The van der Waals surface area contributed by atoms with Gasteiger partial charge in [0.25, 0.3) is 0 Å². The molecule has 2 fully saturated rings. The Bertz CT molecular complexity index is 230. The summed E-state index contributed by atoms with van der Waals surface area (Å²) in [5, 5.41) is 0. The highest BCUT2D eigenvalue weighted by molar-refractivity contribution is 6.04. The van der Waals surface area contributed by atoms with Crippen LogP contribution in [-0.2, 0) is 14.3 Å². The van der Waals surface area contributed by atoms with Gasteiger partial charge in [0.05, 0.1) is 19.1 Å². The zero-order valence-corrected chi connectivity index (χ0v) is 7.62. The van der Waals surface area contributed by atoms with Crippen LogP contribution in [0.3, 0.4) is 0 Å². The molecule has 0 spiro atoms. The SMILES string of the molecule is O=C1CCOCC1C(=O)C1CCC1. The quantitative estimate of drug-likeness (QED) is 0.597. The van der Waals surface area contributed by atoms with Crippen molar-refractivity contribution in [2.75, 3.05) is 13.2 Å². The zero-order valence-electron chi connectivity index (χ0n) is 7.62. The minimum absolute atomic E-state index is 0.0863. The third kappa shape index (κ3) is 1.66. The van der Waals surface area contributed by atoms with Crippen molar-refractivity contribution in [3.05, 3.63) is 0 Å². The second-order valence-corrected chi connectivity index (χ2v) is 3.87. The predicted molar refractivity (Wildman–Crippen MR) is 46.3 cm³/mol. The summed E-state index contributed by atoms with van der Waals surface area (Å²) in [5.41, 5.74) is 0. The van der Waals surface area contributed by atoms with Crippen molar-refractivity contribution in [2.45, 2.75) is 25.7 Å². The van der Waals surface area contributed by atoms with Crippen molar-refractivity contribution in [1.82, 2.24) is 0 Å². The number of Topliss-reactive ketones (excluding diaryl/α,β-unsaturated/α-hetero) is 2. The fraction of sp³-hybridized carbons (Fsp3) is 0.800. The lowest BCUT2D eigenvalue weighted by Gasteiger charge is -2.29. The molecule has 1 heterocycles. The van der Waals surface area contributed by atoms with Crippen LogP contribution in [-0.4, -0.2) is 24.8 Å². The normalized spacial score (nSPS) is 29.8. The minimum atomic E-state index is -0.431. The van der Waals surface area contributed by atoms with Gasteiger partial charge >= 0.3 is 0 Å². The number of ketones is 2. The Kier molecular flexibility index (Phi) is 2.44. The number of carbonyl (C=O) groups excluding carboxylic acids is 2. The molecule has 0 aromatic heterocycles. The largest absolute Gasteiger partial charge is 0.380 e. The Morgan fingerprint density at radius 1 is 1.38 bits per heavy atom. The van der Waals surface area contributed by atoms with Gasteiger partial charge < -0.3 is 4.74 Å². The van der Waals surface area contributed by atoms with Gasteiger partial charge in [0.2, 0.25) is 0 Å². The summed E-state index contributed by atoms with van der Waals surface area (Å²) in [6, 6.07) is 0. The predicted octanol–water partition coefficient (Wildman–Crippen LogP) is 0.961. The second-order valence-electron chi connectivity index (χ2n) is 3.87. The average Bonchev–Trinajstić information content (AvgIpc) is 2.01. The van der Waals surface area contributed by atoms with E-state index in [4.69, 9.17) is 4.74 Å². The monoisotopic (exact) mass is 182 g/mol. The first-order valence-electron chi connectivity index (χ1n) is 4.93. The Morgan fingerprint density at radius 2 is 2.15 bits per heavy atom. The van der Waals surface area contributed by atoms with E-state index in [0.717, 1.165) is 19.3 Å². The molecule has 3 nitrogen and oxygen atoms in total. The van der Waals surface area contributed by atoms with Crippen LogP contribution in [0.5, 0.6) is 0 Å². The molecule has 0 aromatic rings. The molecule has 1 saturated heterocycles. The standard InChI is InChI=1S/C10H14O3/c11-9-4-5-13-6-8(9)10(12)7-2-1-3-7/h7-8H,1-6H2. The van der Waals surface area contributed by atoms with Crippen molar-refractivity contribution in [2.24, 2.45) is 11.8 Å². The van der Waals surface area contributed by atoms with Gasteiger partial charge in [-0.2, -0.15) is 0 Å². The summed E-state index contributed by atoms with van der Waals surface area (Å²) in [5.74, 6) is -0.0474. The highest BCUT2D eigenvalue weighted by Gasteiger charge is 2.36. The minimum Gasteiger partial charge on any atom is -0.380 e. The molecule has 2 rings (SSSR count). The number of ether oxygens (including phenoxy) is 1. The molecule has 2 aliphatic rings. The fourth-order valence-electron chi connectivity index (χ4n) is 1.86. The zero-order chi connectivity index (χ0) is 9.26. The highest BCUT2D eigenvalue weighted by atomic mass is 16.5. The van der Waals surface area contributed by atoms with Crippen molar-refractivity contribution in [3.8, 4) is 0 Å². The van der Waals surface area contributed by atoms with Crippen LogP contribution in [0.4, 0.5) is 0 Å². The van der Waals surface area contributed by atoms with Crippen LogP contribution < -0.4 is 0 Å². The van der Waals surface area contributed by atoms with Crippen LogP contribution in [0.2, 0.25) is 0 Å². The van der Waals surface area contributed by atoms with E-state index < -0.39 is 5.92 Å². The van der Waals surface area contributed by atoms with Crippen molar-refractivity contribution < 1.29 is 14.3 Å². The molecule has 0 amide bonds. The molecule has 1 saturated carbocycles. The summed E-state index contributed by atoms with van der Waals surface area (Å²) < 4.78 is 5.15. The Balaban J connectivity index is 1.97. The lowest BCUT2D eigenvalue weighted by atomic mass is 9.76. The molecule has 1 unspecified atom stereocenters. The first-order chi connectivity index (χ1) is 6.29. The second kappa shape index (κ2) is 3.58. The van der Waals surface area contributed by atoms with E-state index in [1.807, 2.05) is 0 Å². The molecule has 1 atom stereocenters. The van der Waals surface area contributed by atoms with Gasteiger partial charge in [-0.25, -0.2) is 0 Å². The van der Waals surface area contributed by atoms with E-state index >= 15 is 0 Å². The van der Waals surface area contributed by atoms with Crippen LogP contribution >= 0.6 is 0 Å². The van der Waals surface area contributed by atoms with Gasteiger partial charge in [0, 0.05) is 12.3 Å². The third-order valence-corrected chi connectivity index (χ3v) is 3.02. The van der Waals surface area contributed by atoms with E-state index in [0.29, 0.717) is 19.6 Å². The van der Waals surface area contributed by atoms with Gasteiger partial charge in [-0.05, 0) is 12.8 Å². The lowest BCUT2D eigenvalue weighted by molar-refractivity contribution is -0.143. The van der Waals surface area contributed by atoms with Crippen LogP contribution in [0, 0.1) is 11.8 Å². The van der Waals surface area contributed by atoms with E-state index in [2.05, 4.69) is 0 Å². The maximum atomic E-state index is 11.7. The van der Waals surface area contributed by atoms with Gasteiger partial charge in [0.1, 0.15) is 11.6 Å². The molecular formula is C10H14O3. The number of carbonyl (C=O) groups is 2. The Labute approximate surface area is 77.4 Å². The summed E-state index contributed by atoms with van der Waals surface area (Å²) in [7, 11) is 0. The maximum absolute atomic E-state index is 11.7. The summed E-state index contributed by atoms with van der Waals surface area (Å²) in [4.78, 5) is 23.1. The topological polar surface area (TPSA) is 43.4 Å². The molecule has 0 radical (unpaired) electrons. The van der Waals surface area contributed by atoms with E-state index in [9.17, 15) is 9.59 Å². The summed E-state index contributed by atoms with van der Waals surface area (Å²) in [6.07, 6.45) is 3.51. The molecule has 0 aromatic carbocycles. The number of hydrogen-bond donors (Lipinski definition) is 0. The summed E-state index contributed by atoms with van der Waals surface area (Å²) in [6.45, 7) is 0.821. The van der Waals surface area contributed by atoms with Gasteiger partial charge in [-0.1, -0.05) is 6.42 Å². The van der Waals surface area contributed by atoms with E-state index in [1.54, 1.807) is 0 Å². The smallest absolute Gasteiger partial charge is 0.148 e. The average molecular weight is 182 g/mol. The number of rotatable bonds is 2. The van der Waals surface area contributed by atoms with Crippen LogP contribution in [0.25, 0.3) is 0 Å². The molecule has 0 N–H and O–H groups in total. The molecule has 1 aliphatic heterocycles. The van der Waals surface area contributed by atoms with Gasteiger partial charge in [-0.15, -0.1) is 0 Å². The molecule has 1 aliphatic carbocycles. The van der Waals surface area contributed by atoms with Crippen molar-refractivity contribution in [3.63, 3.8) is 0 Å². The molecule has 0 bridgehead atoms. The molecule has 13 heavy (non-hydrogen) atoms. The third-order valence-electron chi connectivity index (χ3n) is 3.02. The Morgan fingerprint density at radius 3 is 2.69 bits per heavy atom. The van der Waals surface area contributed by atoms with E-state index in [-0.39, 0.29) is 17.5 Å². The van der Waals surface area contributed by atoms with Gasteiger partial charge in [0.15, 0.2) is 0 Å². The first-order valence-corrected chi connectivity index (χ1v) is 4.93. The maximum Gasteiger partial charge on any atom is 0.148 e. The lowest BCUT2D eigenvalue weighted by Crippen LogP contribution is -2.39. The molecule has 3 heteroatoms. The summed E-state index contributed by atoms with van der Waals surface area (Å²) >= 11 is 0. The van der Waals surface area contributed by atoms with Crippen molar-refractivity contribution >= 4 is 11.6 Å². The van der Waals surface area contributed by atoms with Gasteiger partial charge in [-0.3, -0.25) is 9.59 Å². The number of hydrogen-bond acceptors (Lipinski definition) is 3. The van der Waals surface area contributed by atoms with Crippen molar-refractivity contribution in [1.29, 1.82) is 0 Å².